The van der Waals surface area contributed by atoms with Gasteiger partial charge in [0.25, 0.3) is 0 Å². The van der Waals surface area contributed by atoms with Gasteiger partial charge in [0.15, 0.2) is 5.78 Å². The van der Waals surface area contributed by atoms with Crippen LogP contribution in [0.2, 0.25) is 0 Å². The van der Waals surface area contributed by atoms with Crippen LogP contribution < -0.4 is 4.74 Å². The summed E-state index contributed by atoms with van der Waals surface area (Å²) in [5.41, 5.74) is 6.90. The van der Waals surface area contributed by atoms with E-state index in [1.165, 1.54) is 11.9 Å². The lowest BCUT2D eigenvalue weighted by Crippen LogP contribution is -2.27. The van der Waals surface area contributed by atoms with Crippen LogP contribution in [0.1, 0.15) is 61.6 Å². The summed E-state index contributed by atoms with van der Waals surface area (Å²) in [6, 6.07) is 14.5. The first-order valence-electron chi connectivity index (χ1n) is 13.8. The van der Waals surface area contributed by atoms with Crippen LogP contribution in [0.15, 0.2) is 67.4 Å². The third-order valence-corrected chi connectivity index (χ3v) is 7.24. The van der Waals surface area contributed by atoms with E-state index in [1.807, 2.05) is 46.0 Å². The Kier molecular flexibility index (Phi) is 6.76. The highest BCUT2D eigenvalue weighted by Crippen LogP contribution is 2.45. The second kappa shape index (κ2) is 10.4. The van der Waals surface area contributed by atoms with Crippen LogP contribution >= 0.6 is 0 Å². The number of hydrogen-bond donors (Lipinski definition) is 0. The summed E-state index contributed by atoms with van der Waals surface area (Å²) in [5.74, 6) is 7.18. The largest absolute Gasteiger partial charge is 0.493 e. The van der Waals surface area contributed by atoms with E-state index in [9.17, 15) is 4.79 Å². The van der Waals surface area contributed by atoms with Gasteiger partial charge in [-0.1, -0.05) is 24.0 Å². The normalized spacial score (nSPS) is 13.4. The van der Waals surface area contributed by atoms with E-state index >= 15 is 0 Å². The Labute approximate surface area is 239 Å². The van der Waals surface area contributed by atoms with Crippen molar-refractivity contribution in [1.82, 2.24) is 15.0 Å². The number of nitrogens with zero attached hydrogens (tertiary/aromatic N) is 3. The number of ether oxygens (including phenoxy) is 2. The average Bonchev–Trinajstić information content (AvgIpc) is 2.95. The summed E-state index contributed by atoms with van der Waals surface area (Å²) < 4.78 is 12.5. The molecule has 0 radical (unpaired) electrons. The molecule has 6 heteroatoms. The Morgan fingerprint density at radius 1 is 1.02 bits per heavy atom. The van der Waals surface area contributed by atoms with Crippen molar-refractivity contribution in [1.29, 1.82) is 0 Å². The van der Waals surface area contributed by atoms with E-state index < -0.39 is 11.7 Å². The molecule has 0 spiro atoms. The zero-order chi connectivity index (χ0) is 28.7. The number of benzene rings is 3. The maximum absolute atomic E-state index is 13.2. The van der Waals surface area contributed by atoms with Gasteiger partial charge in [-0.2, -0.15) is 0 Å². The maximum atomic E-state index is 13.2. The Morgan fingerprint density at radius 2 is 1.80 bits per heavy atom. The lowest BCUT2D eigenvalue weighted by molar-refractivity contribution is -0.138. The zero-order valence-corrected chi connectivity index (χ0v) is 23.9. The number of Topliss-reactive ketones (excluding diaryl/α,β-unsaturated/α-hetero) is 1. The van der Waals surface area contributed by atoms with E-state index in [-0.39, 0.29) is 5.78 Å². The molecule has 41 heavy (non-hydrogen) atoms. The van der Waals surface area contributed by atoms with E-state index in [1.54, 1.807) is 19.3 Å². The first-order chi connectivity index (χ1) is 19.7. The van der Waals surface area contributed by atoms with Crippen LogP contribution in [0.5, 0.6) is 5.75 Å². The van der Waals surface area contributed by atoms with Gasteiger partial charge in [0, 0.05) is 41.5 Å². The predicted octanol–water partition coefficient (Wildman–Crippen LogP) is 6.93. The lowest BCUT2D eigenvalue weighted by Gasteiger charge is -2.30. The summed E-state index contributed by atoms with van der Waals surface area (Å²) in [6.07, 6.45) is 6.83. The Hall–Kier alpha value is -4.60. The molecule has 0 saturated heterocycles. The molecule has 3 aromatic carbocycles. The van der Waals surface area contributed by atoms with Crippen LogP contribution in [0.25, 0.3) is 32.8 Å². The van der Waals surface area contributed by atoms with E-state index in [2.05, 4.69) is 52.1 Å². The van der Waals surface area contributed by atoms with Gasteiger partial charge in [-0.3, -0.25) is 9.78 Å². The highest BCUT2D eigenvalue weighted by molar-refractivity contribution is 6.09. The van der Waals surface area contributed by atoms with Crippen LogP contribution in [0, 0.1) is 18.8 Å². The highest BCUT2D eigenvalue weighted by Gasteiger charge is 2.30. The van der Waals surface area contributed by atoms with Gasteiger partial charge in [0.1, 0.15) is 18.2 Å². The molecule has 0 N–H and O–H groups in total. The summed E-state index contributed by atoms with van der Waals surface area (Å²) in [5, 5.41) is 3.05. The summed E-state index contributed by atoms with van der Waals surface area (Å²) in [6.45, 7) is 10.2. The van der Waals surface area contributed by atoms with Gasteiger partial charge in [0.2, 0.25) is 0 Å². The van der Waals surface area contributed by atoms with Gasteiger partial charge < -0.3 is 9.47 Å². The molecule has 0 bridgehead atoms. The number of hydrogen-bond acceptors (Lipinski definition) is 6. The molecule has 204 valence electrons. The molecule has 3 heterocycles. The zero-order valence-electron chi connectivity index (χ0n) is 23.9. The van der Waals surface area contributed by atoms with Crippen LogP contribution in [0.3, 0.4) is 0 Å². The molecule has 0 aliphatic carbocycles. The molecule has 6 nitrogen and oxygen atoms in total. The van der Waals surface area contributed by atoms with Crippen LogP contribution in [-0.4, -0.2) is 32.9 Å². The minimum atomic E-state index is -0.742. The quantitative estimate of drug-likeness (QED) is 0.230. The summed E-state index contributed by atoms with van der Waals surface area (Å²) in [7, 11) is 0. The number of pyridine rings is 1. The number of aryl methyl sites for hydroxylation is 1. The molecule has 0 fully saturated rings. The van der Waals surface area contributed by atoms with Crippen molar-refractivity contribution in [3.8, 4) is 28.7 Å². The minimum absolute atomic E-state index is 0.0461. The topological polar surface area (TPSA) is 74.2 Å². The molecular formula is C35H31N3O3. The maximum Gasteiger partial charge on any atom is 0.163 e. The first-order valence-corrected chi connectivity index (χ1v) is 13.8. The van der Waals surface area contributed by atoms with E-state index in [4.69, 9.17) is 14.5 Å². The van der Waals surface area contributed by atoms with Crippen LogP contribution in [0.4, 0.5) is 0 Å². The molecule has 0 saturated carbocycles. The van der Waals surface area contributed by atoms with Gasteiger partial charge in [-0.05, 0) is 98.0 Å². The standard InChI is InChI=1S/C35H31N3O3/c1-21-16-26-17-23(6-7-24-18-36-20-37-19-24)8-9-27(26)32(30(21)34(22(2)39)41-35(3,4)5)28-10-11-29-31-25(13-15-40-29)12-14-38-33(28)31/h8-12,14,16-20,34H,13,15H2,1-5H3. The smallest absolute Gasteiger partial charge is 0.163 e. The SMILES string of the molecule is CC(=O)C(OC(C)(C)C)c1c(C)cc2cc(C#Cc3cncnc3)ccc2c1-c1ccc2c3c(ccnc13)CCO2. The Bertz CT molecular complexity index is 1870. The molecule has 0 amide bonds. The third kappa shape index (κ3) is 5.17. The average molecular weight is 542 g/mol. The number of fused-ring (bicyclic) bond motifs is 1. The molecule has 2 aromatic heterocycles. The molecule has 1 unspecified atom stereocenters. The Balaban J connectivity index is 1.64. The van der Waals surface area contributed by atoms with Gasteiger partial charge in [-0.25, -0.2) is 9.97 Å². The van der Waals surface area contributed by atoms with E-state index in [0.717, 1.165) is 67.2 Å². The van der Waals surface area contributed by atoms with Gasteiger partial charge in [0.05, 0.1) is 23.3 Å². The van der Waals surface area contributed by atoms with Crippen molar-refractivity contribution in [2.45, 2.75) is 52.7 Å². The van der Waals surface area contributed by atoms with E-state index in [0.29, 0.717) is 6.61 Å². The second-order valence-corrected chi connectivity index (χ2v) is 11.4. The number of carbonyl (C=O) groups is 1. The minimum Gasteiger partial charge on any atom is -0.493 e. The first kappa shape index (κ1) is 26.6. The molecular weight excluding hydrogens is 510 g/mol. The van der Waals surface area contributed by atoms with Crippen molar-refractivity contribution >= 4 is 27.5 Å². The second-order valence-electron chi connectivity index (χ2n) is 11.4. The Morgan fingerprint density at radius 3 is 2.56 bits per heavy atom. The predicted molar refractivity (Wildman–Crippen MR) is 161 cm³/mol. The van der Waals surface area contributed by atoms with Gasteiger partial charge in [-0.15, -0.1) is 0 Å². The number of rotatable bonds is 4. The molecule has 1 aliphatic heterocycles. The molecule has 1 atom stereocenters. The van der Waals surface area contributed by atoms with Crippen molar-refractivity contribution < 1.29 is 14.3 Å². The number of aromatic nitrogens is 3. The van der Waals surface area contributed by atoms with Gasteiger partial charge >= 0.3 is 0 Å². The lowest BCUT2D eigenvalue weighted by atomic mass is 9.84. The highest BCUT2D eigenvalue weighted by atomic mass is 16.5. The fraction of sp³-hybridized carbons (Fsp3) is 0.257. The number of ketones is 1. The van der Waals surface area contributed by atoms with Crippen molar-refractivity contribution in [2.24, 2.45) is 0 Å². The van der Waals surface area contributed by atoms with Crippen LogP contribution in [-0.2, 0) is 16.0 Å². The fourth-order valence-electron chi connectivity index (χ4n) is 5.58. The fourth-order valence-corrected chi connectivity index (χ4v) is 5.58. The third-order valence-electron chi connectivity index (χ3n) is 7.24. The summed E-state index contributed by atoms with van der Waals surface area (Å²) in [4.78, 5) is 26.2. The van der Waals surface area contributed by atoms with Crippen molar-refractivity contribution in [2.75, 3.05) is 6.61 Å². The molecule has 1 aliphatic rings. The van der Waals surface area contributed by atoms with Crippen molar-refractivity contribution in [3.05, 3.63) is 95.2 Å². The molecule has 6 rings (SSSR count). The molecule has 5 aromatic rings. The summed E-state index contributed by atoms with van der Waals surface area (Å²) >= 11 is 0. The number of carbonyl (C=O) groups excluding carboxylic acids is 1. The van der Waals surface area contributed by atoms with Crippen molar-refractivity contribution in [3.63, 3.8) is 0 Å². The monoisotopic (exact) mass is 541 g/mol.